The summed E-state index contributed by atoms with van der Waals surface area (Å²) in [4.78, 5) is 33.2. The highest BCUT2D eigenvalue weighted by molar-refractivity contribution is 8.77. The first-order valence-electron chi connectivity index (χ1n) is 22.8. The summed E-state index contributed by atoms with van der Waals surface area (Å²) < 4.78 is 12.5. The van der Waals surface area contributed by atoms with Gasteiger partial charge in [-0.1, -0.05) is 66.5 Å². The maximum absolute atomic E-state index is 14.1. The van der Waals surface area contributed by atoms with E-state index in [4.69, 9.17) is 25.9 Å². The molecule has 8 N–H and O–H groups in total. The highest BCUT2D eigenvalue weighted by Crippen LogP contribution is 2.47. The number of fused-ring (bicyclic) bond motifs is 4. The minimum atomic E-state index is -0.653. The Labute approximate surface area is 350 Å². The summed E-state index contributed by atoms with van der Waals surface area (Å²) in [6.45, 7) is 4.06. The molecule has 3 heterocycles. The third-order valence-corrected chi connectivity index (χ3v) is 17.3. The Bertz CT molecular complexity index is 1300. The van der Waals surface area contributed by atoms with Crippen LogP contribution in [0, 0.1) is 23.2 Å². The number of guanidine groups is 1. The van der Waals surface area contributed by atoms with Gasteiger partial charge in [0.05, 0.1) is 35.5 Å². The Morgan fingerprint density at radius 1 is 0.930 bits per heavy atom. The van der Waals surface area contributed by atoms with E-state index in [9.17, 15) is 19.8 Å². The molecule has 0 aromatic carbocycles. The number of rotatable bonds is 5. The van der Waals surface area contributed by atoms with Crippen molar-refractivity contribution in [2.24, 2.45) is 39.6 Å². The maximum atomic E-state index is 14.1. The number of aliphatic imine (C=N–C) groups is 1. The van der Waals surface area contributed by atoms with Gasteiger partial charge in [-0.05, 0) is 114 Å². The van der Waals surface area contributed by atoms with Crippen LogP contribution in [0.15, 0.2) is 4.99 Å². The van der Waals surface area contributed by atoms with Crippen molar-refractivity contribution in [3.63, 3.8) is 0 Å². The molecule has 6 aliphatic rings. The summed E-state index contributed by atoms with van der Waals surface area (Å²) in [5, 5.41) is 30.0. The lowest BCUT2D eigenvalue weighted by atomic mass is 9.73. The normalized spacial score (nSPS) is 37.4. The van der Waals surface area contributed by atoms with Gasteiger partial charge in [-0.3, -0.25) is 14.6 Å². The van der Waals surface area contributed by atoms with E-state index in [0.29, 0.717) is 57.2 Å². The van der Waals surface area contributed by atoms with Crippen LogP contribution in [-0.4, -0.2) is 106 Å². The molecule has 5 fully saturated rings. The van der Waals surface area contributed by atoms with E-state index < -0.39 is 12.2 Å². The third kappa shape index (κ3) is 13.9. The van der Waals surface area contributed by atoms with Gasteiger partial charge in [0.15, 0.2) is 5.96 Å². The minimum absolute atomic E-state index is 0.0255. The van der Waals surface area contributed by atoms with Gasteiger partial charge in [0.1, 0.15) is 6.10 Å². The molecule has 0 aromatic rings. The summed E-state index contributed by atoms with van der Waals surface area (Å²) in [6, 6.07) is 0. The molecule has 9 atom stereocenters. The highest BCUT2D eigenvalue weighted by atomic mass is 33.1. The van der Waals surface area contributed by atoms with E-state index in [2.05, 4.69) is 10.6 Å². The first-order valence-corrected chi connectivity index (χ1v) is 25.1. The van der Waals surface area contributed by atoms with Gasteiger partial charge in [0, 0.05) is 51.1 Å². The molecular formula is C43H76N6O6S2. The molecule has 2 saturated heterocycles. The van der Waals surface area contributed by atoms with Gasteiger partial charge in [0.2, 0.25) is 5.91 Å². The van der Waals surface area contributed by atoms with Crippen molar-refractivity contribution in [3.05, 3.63) is 0 Å². The molecule has 3 saturated carbocycles. The molecule has 0 radical (unpaired) electrons. The minimum Gasteiger partial charge on any atom is -0.462 e. The number of aliphatic hydroxyl groups is 2. The van der Waals surface area contributed by atoms with Crippen molar-refractivity contribution in [2.45, 2.75) is 196 Å². The quantitative estimate of drug-likeness (QED) is 0.141. The predicted molar refractivity (Wildman–Crippen MR) is 230 cm³/mol. The third-order valence-electron chi connectivity index (χ3n) is 14.1. The standard InChI is InChI=1S/C43H76N6O6S2/c1-30(50)54-36-14-13-31-22-33(40(53)37(23-31)55-35-11-5-6-12-35)28-49-29-42(27-39(49)52,26-32-15-19-46-38(44)24-32)18-20-47-41(45)48-43(16-7-8-17-43)57-56-21-9-3-2-4-10-34(51)25-36/h31-38,40,46,51,53H,2-29,44H2,1H3,(H3,45,47,48). The monoisotopic (exact) mass is 837 g/mol. The number of carbonyl (C=O) groups excluding carboxylic acids is 2. The van der Waals surface area contributed by atoms with Crippen molar-refractivity contribution >= 4 is 39.4 Å². The van der Waals surface area contributed by atoms with Crippen molar-refractivity contribution in [1.82, 2.24) is 15.5 Å². The maximum Gasteiger partial charge on any atom is 0.302 e. The Kier molecular flexibility index (Phi) is 17.5. The first kappa shape index (κ1) is 45.2. The van der Waals surface area contributed by atoms with Crippen LogP contribution in [-0.2, 0) is 19.1 Å². The smallest absolute Gasteiger partial charge is 0.302 e. The SMILES string of the molecule is CC(=O)OC1CCC2CC(CN3CC(CC4CCNC(N)C4)(CCN=C(N)NC4(CCCC4)SSCCCCCCC(O)C1)CC3=O)C(O)C(OC1CCCC1)C2. The predicted octanol–water partition coefficient (Wildman–Crippen LogP) is 5.97. The lowest BCUT2D eigenvalue weighted by molar-refractivity contribution is -0.149. The molecule has 6 rings (SSSR count). The molecule has 1 amide bonds. The van der Waals surface area contributed by atoms with Crippen LogP contribution < -0.4 is 22.1 Å². The zero-order chi connectivity index (χ0) is 40.3. The van der Waals surface area contributed by atoms with Crippen molar-refractivity contribution < 1.29 is 29.3 Å². The Morgan fingerprint density at radius 3 is 2.47 bits per heavy atom. The molecule has 3 aliphatic carbocycles. The summed E-state index contributed by atoms with van der Waals surface area (Å²) in [5.74, 6) is 1.99. The van der Waals surface area contributed by atoms with E-state index >= 15 is 0 Å². The average molecular weight is 837 g/mol. The van der Waals surface area contributed by atoms with Gasteiger partial charge >= 0.3 is 5.97 Å². The summed E-state index contributed by atoms with van der Waals surface area (Å²) in [7, 11) is 3.84. The van der Waals surface area contributed by atoms with Gasteiger partial charge in [-0.15, -0.1) is 0 Å². The number of esters is 1. The van der Waals surface area contributed by atoms with E-state index in [-0.39, 0.29) is 58.5 Å². The summed E-state index contributed by atoms with van der Waals surface area (Å²) in [5.41, 5.74) is 12.8. The molecule has 9 unspecified atom stereocenters. The van der Waals surface area contributed by atoms with Crippen molar-refractivity contribution in [2.75, 3.05) is 31.9 Å². The van der Waals surface area contributed by atoms with E-state index in [1.807, 2.05) is 26.5 Å². The molecule has 4 bridgehead atoms. The van der Waals surface area contributed by atoms with Gasteiger partial charge in [-0.2, -0.15) is 0 Å². The highest BCUT2D eigenvalue weighted by Gasteiger charge is 2.47. The molecule has 3 aliphatic heterocycles. The van der Waals surface area contributed by atoms with E-state index in [1.165, 1.54) is 19.8 Å². The number of piperidine rings is 1. The second-order valence-electron chi connectivity index (χ2n) is 18.9. The fraction of sp³-hybridized carbons (Fsp3) is 0.930. The van der Waals surface area contributed by atoms with Crippen LogP contribution in [0.2, 0.25) is 0 Å². The van der Waals surface area contributed by atoms with Crippen molar-refractivity contribution in [3.8, 4) is 0 Å². The second-order valence-corrected chi connectivity index (χ2v) is 21.7. The van der Waals surface area contributed by atoms with Crippen LogP contribution >= 0.6 is 21.6 Å². The lowest BCUT2D eigenvalue weighted by Gasteiger charge is -2.42. The summed E-state index contributed by atoms with van der Waals surface area (Å²) >= 11 is 0. The molecule has 14 heteroatoms. The topological polar surface area (TPSA) is 185 Å². The van der Waals surface area contributed by atoms with Gasteiger partial charge in [0.25, 0.3) is 0 Å². The number of aliphatic hydroxyl groups excluding tert-OH is 2. The van der Waals surface area contributed by atoms with E-state index in [1.54, 1.807) is 0 Å². The number of hydrogen-bond donors (Lipinski definition) is 6. The molecular weight excluding hydrogens is 761 g/mol. The van der Waals surface area contributed by atoms with Gasteiger partial charge < -0.3 is 46.7 Å². The average Bonchev–Trinajstić information content (AvgIpc) is 3.91. The van der Waals surface area contributed by atoms with Crippen molar-refractivity contribution in [1.29, 1.82) is 0 Å². The lowest BCUT2D eigenvalue weighted by Crippen LogP contribution is -2.49. The fourth-order valence-corrected chi connectivity index (χ4v) is 14.3. The molecule has 1 spiro atoms. The molecule has 12 nitrogen and oxygen atoms in total. The fourth-order valence-electron chi connectivity index (χ4n) is 11.1. The number of amides is 1. The number of nitrogens with one attached hydrogen (secondary N) is 2. The Morgan fingerprint density at radius 2 is 1.70 bits per heavy atom. The number of ether oxygens (including phenoxy) is 2. The number of carbonyl (C=O) groups is 2. The zero-order valence-corrected chi connectivity index (χ0v) is 36.5. The Hall–Kier alpha value is -1.29. The zero-order valence-electron chi connectivity index (χ0n) is 34.9. The van der Waals surface area contributed by atoms with Crippen LogP contribution in [0.1, 0.15) is 155 Å². The van der Waals surface area contributed by atoms with Crippen LogP contribution in [0.5, 0.6) is 0 Å². The molecule has 326 valence electrons. The number of hydrogen-bond acceptors (Lipinski definition) is 13. The first-order chi connectivity index (χ1) is 27.5. The van der Waals surface area contributed by atoms with Crippen LogP contribution in [0.4, 0.5) is 0 Å². The van der Waals surface area contributed by atoms with Crippen LogP contribution in [0.3, 0.4) is 0 Å². The molecule has 57 heavy (non-hydrogen) atoms. The largest absolute Gasteiger partial charge is 0.462 e. The number of nitrogens with zero attached hydrogens (tertiary/aromatic N) is 2. The summed E-state index contributed by atoms with van der Waals surface area (Å²) in [6.07, 6.45) is 19.8. The Balaban J connectivity index is 1.21. The van der Waals surface area contributed by atoms with E-state index in [0.717, 1.165) is 121 Å². The number of nitrogens with two attached hydrogens (primary N) is 2. The molecule has 0 aromatic heterocycles. The van der Waals surface area contributed by atoms with Gasteiger partial charge in [-0.25, -0.2) is 0 Å². The van der Waals surface area contributed by atoms with Crippen LogP contribution in [0.25, 0.3) is 0 Å². The second kappa shape index (κ2) is 22.0.